The minimum atomic E-state index is 0.231. The molecule has 0 aromatic rings. The lowest BCUT2D eigenvalue weighted by atomic mass is 10.1. The predicted octanol–water partition coefficient (Wildman–Crippen LogP) is 0.0174. The van der Waals surface area contributed by atoms with Crippen molar-refractivity contribution in [2.24, 2.45) is 11.1 Å². The molecule has 0 aromatic carbocycles. The van der Waals surface area contributed by atoms with E-state index in [2.05, 4.69) is 5.16 Å². The van der Waals surface area contributed by atoms with Gasteiger partial charge in [-0.25, -0.2) is 0 Å². The van der Waals surface area contributed by atoms with Gasteiger partial charge in [-0.05, 0) is 0 Å². The Labute approximate surface area is 47.3 Å². The van der Waals surface area contributed by atoms with Gasteiger partial charge < -0.3 is 9.57 Å². The first-order valence-corrected chi connectivity index (χ1v) is 2.74. The molecule has 0 N–H and O–H groups in total. The van der Waals surface area contributed by atoms with Crippen LogP contribution in [0.3, 0.4) is 0 Å². The van der Waals surface area contributed by atoms with Crippen LogP contribution < -0.4 is 0 Å². The van der Waals surface area contributed by atoms with E-state index in [1.54, 1.807) is 0 Å². The largest absolute Gasteiger partial charge is 0.390 e. The Morgan fingerprint density at radius 1 is 1.50 bits per heavy atom. The number of hydrogen-bond donors (Lipinski definition) is 0. The Morgan fingerprint density at radius 3 is 3.38 bits per heavy atom. The van der Waals surface area contributed by atoms with Gasteiger partial charge in [0.15, 0.2) is 6.10 Å². The topological polar surface area (TPSA) is 30.8 Å². The highest BCUT2D eigenvalue weighted by Gasteiger charge is 2.32. The molecule has 0 aliphatic carbocycles. The van der Waals surface area contributed by atoms with E-state index >= 15 is 0 Å². The third-order valence-corrected chi connectivity index (χ3v) is 1.52. The fourth-order valence-corrected chi connectivity index (χ4v) is 0.990. The third-order valence-electron chi connectivity index (χ3n) is 1.52. The average Bonchev–Trinajstić information content (AvgIpc) is 2.15. The van der Waals surface area contributed by atoms with Crippen LogP contribution in [0.25, 0.3) is 0 Å². The van der Waals surface area contributed by atoms with Gasteiger partial charge in [-0.3, -0.25) is 0 Å². The number of rotatable bonds is 0. The van der Waals surface area contributed by atoms with Crippen molar-refractivity contribution in [3.05, 3.63) is 0 Å². The SMILES string of the molecule is C1=NOC2COC[C@H]12. The molecule has 2 aliphatic rings. The molecule has 3 nitrogen and oxygen atoms in total. The minimum Gasteiger partial charge on any atom is -0.390 e. The summed E-state index contributed by atoms with van der Waals surface area (Å²) in [5.74, 6) is 0.440. The van der Waals surface area contributed by atoms with Gasteiger partial charge in [0.05, 0.1) is 25.3 Å². The number of hydrogen-bond acceptors (Lipinski definition) is 3. The second-order valence-corrected chi connectivity index (χ2v) is 2.10. The summed E-state index contributed by atoms with van der Waals surface area (Å²) >= 11 is 0. The molecule has 3 heteroatoms. The van der Waals surface area contributed by atoms with Crippen molar-refractivity contribution < 1.29 is 9.57 Å². The Balaban J connectivity index is 2.13. The molecule has 0 radical (unpaired) electrons. The summed E-state index contributed by atoms with van der Waals surface area (Å²) in [4.78, 5) is 4.92. The summed E-state index contributed by atoms with van der Waals surface area (Å²) in [6.45, 7) is 1.50. The van der Waals surface area contributed by atoms with Crippen LogP contribution in [-0.4, -0.2) is 25.5 Å². The standard InChI is InChI=1S/C5H7NO2/c1-4-2-7-3-5(4)8-6-1/h1,4-5H,2-3H2/t4-,5?/m0/s1. The third kappa shape index (κ3) is 0.448. The first kappa shape index (κ1) is 4.32. The van der Waals surface area contributed by atoms with Gasteiger partial charge in [0, 0.05) is 0 Å². The van der Waals surface area contributed by atoms with Crippen LogP contribution in [0.4, 0.5) is 0 Å². The van der Waals surface area contributed by atoms with E-state index in [0.717, 1.165) is 6.61 Å². The number of fused-ring (bicyclic) bond motifs is 1. The second-order valence-electron chi connectivity index (χ2n) is 2.10. The first-order chi connectivity index (χ1) is 3.97. The monoisotopic (exact) mass is 113 g/mol. The van der Waals surface area contributed by atoms with E-state index in [1.165, 1.54) is 0 Å². The molecule has 44 valence electrons. The zero-order valence-corrected chi connectivity index (χ0v) is 4.41. The Bertz CT molecular complexity index is 124. The number of nitrogens with zero attached hydrogens (tertiary/aromatic N) is 1. The molecule has 0 amide bonds. The van der Waals surface area contributed by atoms with Gasteiger partial charge in [0.25, 0.3) is 0 Å². The van der Waals surface area contributed by atoms with E-state index in [4.69, 9.17) is 9.57 Å². The predicted molar refractivity (Wildman–Crippen MR) is 27.7 cm³/mol. The lowest BCUT2D eigenvalue weighted by Crippen LogP contribution is -2.14. The molecule has 2 atom stereocenters. The molecule has 0 saturated carbocycles. The van der Waals surface area contributed by atoms with Crippen molar-refractivity contribution >= 4 is 6.21 Å². The smallest absolute Gasteiger partial charge is 0.160 e. The van der Waals surface area contributed by atoms with Crippen LogP contribution in [0, 0.1) is 5.92 Å². The zero-order chi connectivity index (χ0) is 5.40. The maximum absolute atomic E-state index is 5.10. The Kier molecular flexibility index (Phi) is 0.784. The maximum atomic E-state index is 5.10. The van der Waals surface area contributed by atoms with Gasteiger partial charge in [-0.2, -0.15) is 0 Å². The highest BCUT2D eigenvalue weighted by atomic mass is 16.7. The van der Waals surface area contributed by atoms with Crippen molar-refractivity contribution in [2.75, 3.05) is 13.2 Å². The molecule has 1 unspecified atom stereocenters. The van der Waals surface area contributed by atoms with Gasteiger partial charge in [0.2, 0.25) is 0 Å². The van der Waals surface area contributed by atoms with E-state index < -0.39 is 0 Å². The van der Waals surface area contributed by atoms with E-state index in [1.807, 2.05) is 6.21 Å². The normalized spacial score (nSPS) is 42.0. The quantitative estimate of drug-likeness (QED) is 0.443. The van der Waals surface area contributed by atoms with Gasteiger partial charge >= 0.3 is 0 Å². The lowest BCUT2D eigenvalue weighted by molar-refractivity contribution is 0.0559. The van der Waals surface area contributed by atoms with Crippen LogP contribution in [0.5, 0.6) is 0 Å². The van der Waals surface area contributed by atoms with Crippen molar-refractivity contribution in [1.29, 1.82) is 0 Å². The van der Waals surface area contributed by atoms with E-state index in [9.17, 15) is 0 Å². The van der Waals surface area contributed by atoms with Crippen LogP contribution in [0.1, 0.15) is 0 Å². The van der Waals surface area contributed by atoms with Gasteiger partial charge in [-0.1, -0.05) is 5.16 Å². The van der Waals surface area contributed by atoms with Crippen molar-refractivity contribution in [1.82, 2.24) is 0 Å². The van der Waals surface area contributed by atoms with Crippen LogP contribution >= 0.6 is 0 Å². The maximum Gasteiger partial charge on any atom is 0.160 e. The molecule has 1 saturated heterocycles. The summed E-state index contributed by atoms with van der Waals surface area (Å²) in [6, 6.07) is 0. The van der Waals surface area contributed by atoms with Crippen LogP contribution in [0.15, 0.2) is 5.16 Å². The molecule has 0 bridgehead atoms. The number of oxime groups is 1. The zero-order valence-electron chi connectivity index (χ0n) is 4.41. The van der Waals surface area contributed by atoms with Crippen LogP contribution in [-0.2, 0) is 9.57 Å². The second kappa shape index (κ2) is 1.45. The molecule has 2 aliphatic heterocycles. The lowest BCUT2D eigenvalue weighted by Gasteiger charge is -1.99. The molecular formula is C5H7NO2. The van der Waals surface area contributed by atoms with Crippen LogP contribution in [0.2, 0.25) is 0 Å². The van der Waals surface area contributed by atoms with Gasteiger partial charge in [0.1, 0.15) is 0 Å². The van der Waals surface area contributed by atoms with E-state index in [-0.39, 0.29) is 6.10 Å². The summed E-state index contributed by atoms with van der Waals surface area (Å²) in [6.07, 6.45) is 2.05. The summed E-state index contributed by atoms with van der Waals surface area (Å²) in [5, 5.41) is 3.66. The Hall–Kier alpha value is -0.570. The van der Waals surface area contributed by atoms with Gasteiger partial charge in [-0.15, -0.1) is 0 Å². The molecular weight excluding hydrogens is 106 g/mol. The van der Waals surface area contributed by atoms with Crippen molar-refractivity contribution in [3.63, 3.8) is 0 Å². The molecule has 2 heterocycles. The minimum absolute atomic E-state index is 0.231. The van der Waals surface area contributed by atoms with E-state index in [0.29, 0.717) is 12.5 Å². The molecule has 0 spiro atoms. The fourth-order valence-electron chi connectivity index (χ4n) is 0.990. The summed E-state index contributed by atoms with van der Waals surface area (Å²) in [5.41, 5.74) is 0. The fraction of sp³-hybridized carbons (Fsp3) is 0.800. The first-order valence-electron chi connectivity index (χ1n) is 2.74. The van der Waals surface area contributed by atoms with Crippen molar-refractivity contribution in [2.45, 2.75) is 6.10 Å². The van der Waals surface area contributed by atoms with Crippen molar-refractivity contribution in [3.8, 4) is 0 Å². The highest BCUT2D eigenvalue weighted by Crippen LogP contribution is 2.19. The highest BCUT2D eigenvalue weighted by molar-refractivity contribution is 5.63. The molecule has 1 fully saturated rings. The Morgan fingerprint density at radius 2 is 2.50 bits per heavy atom. The summed E-state index contributed by atoms with van der Waals surface area (Å²) < 4.78 is 5.10. The molecule has 8 heavy (non-hydrogen) atoms. The number of ether oxygens (including phenoxy) is 1. The summed E-state index contributed by atoms with van der Waals surface area (Å²) in [7, 11) is 0. The molecule has 2 rings (SSSR count). The molecule has 0 aromatic heterocycles. The average molecular weight is 113 g/mol.